The molecule has 2 heterocycles. The summed E-state index contributed by atoms with van der Waals surface area (Å²) in [5, 5.41) is 3.14. The van der Waals surface area contributed by atoms with Crippen molar-refractivity contribution < 1.29 is 14.3 Å². The number of aromatic nitrogens is 2. The number of fused-ring (bicyclic) bond motifs is 2. The zero-order chi connectivity index (χ0) is 22.6. The molecule has 3 aromatic carbocycles. The highest BCUT2D eigenvalue weighted by Crippen LogP contribution is 2.32. The molecule has 0 saturated carbocycles. The van der Waals surface area contributed by atoms with Gasteiger partial charge in [0.1, 0.15) is 11.9 Å². The van der Waals surface area contributed by atoms with Crippen molar-refractivity contribution in [2.45, 2.75) is 38.8 Å². The number of para-hydroxylation sites is 2. The predicted molar refractivity (Wildman–Crippen MR) is 127 cm³/mol. The van der Waals surface area contributed by atoms with Gasteiger partial charge in [0.15, 0.2) is 11.5 Å². The van der Waals surface area contributed by atoms with E-state index in [0.717, 1.165) is 46.8 Å². The third-order valence-corrected chi connectivity index (χ3v) is 5.95. The number of hydrogen-bond acceptors (Lipinski definition) is 4. The van der Waals surface area contributed by atoms with Crippen LogP contribution in [0.4, 0.5) is 0 Å². The minimum Gasteiger partial charge on any atom is -0.454 e. The Bertz CT molecular complexity index is 1270. The second-order valence-corrected chi connectivity index (χ2v) is 8.26. The smallest absolute Gasteiger partial charge is 0.243 e. The van der Waals surface area contributed by atoms with Gasteiger partial charge in [-0.2, -0.15) is 0 Å². The van der Waals surface area contributed by atoms with Crippen LogP contribution in [0.3, 0.4) is 0 Å². The van der Waals surface area contributed by atoms with E-state index in [1.807, 2.05) is 60.7 Å². The fourth-order valence-corrected chi connectivity index (χ4v) is 4.35. The van der Waals surface area contributed by atoms with Crippen molar-refractivity contribution in [3.63, 3.8) is 0 Å². The first-order chi connectivity index (χ1) is 16.2. The van der Waals surface area contributed by atoms with Crippen molar-refractivity contribution in [2.75, 3.05) is 6.79 Å². The molecular weight excluding hydrogens is 414 g/mol. The lowest BCUT2D eigenvalue weighted by Crippen LogP contribution is -2.33. The van der Waals surface area contributed by atoms with E-state index in [0.29, 0.717) is 13.0 Å². The Balaban J connectivity index is 1.43. The van der Waals surface area contributed by atoms with E-state index in [2.05, 4.69) is 28.9 Å². The topological polar surface area (TPSA) is 65.4 Å². The van der Waals surface area contributed by atoms with Gasteiger partial charge in [0.05, 0.1) is 11.0 Å². The highest BCUT2D eigenvalue weighted by Gasteiger charge is 2.25. The van der Waals surface area contributed by atoms with Gasteiger partial charge in [0.2, 0.25) is 12.7 Å². The van der Waals surface area contributed by atoms with Gasteiger partial charge in [-0.15, -0.1) is 0 Å². The summed E-state index contributed by atoms with van der Waals surface area (Å²) in [6.07, 6.45) is 2.29. The third-order valence-electron chi connectivity index (χ3n) is 5.95. The number of ether oxygens (including phenoxy) is 2. The average Bonchev–Trinajstić information content (AvgIpc) is 3.45. The number of rotatable bonds is 8. The van der Waals surface area contributed by atoms with E-state index in [4.69, 9.17) is 14.5 Å². The lowest BCUT2D eigenvalue weighted by atomic mass is 10.1. The Labute approximate surface area is 193 Å². The molecule has 168 valence electrons. The van der Waals surface area contributed by atoms with Crippen molar-refractivity contribution in [1.82, 2.24) is 14.9 Å². The maximum absolute atomic E-state index is 13.5. The Kier molecular flexibility index (Phi) is 5.98. The monoisotopic (exact) mass is 441 g/mol. The van der Waals surface area contributed by atoms with Crippen LogP contribution in [0.25, 0.3) is 11.0 Å². The maximum atomic E-state index is 13.5. The zero-order valence-corrected chi connectivity index (χ0v) is 18.7. The summed E-state index contributed by atoms with van der Waals surface area (Å²) in [4.78, 5) is 18.4. The van der Waals surface area contributed by atoms with Crippen LogP contribution >= 0.6 is 0 Å². The Morgan fingerprint density at radius 3 is 2.64 bits per heavy atom. The quantitative estimate of drug-likeness (QED) is 0.417. The summed E-state index contributed by atoms with van der Waals surface area (Å²) < 4.78 is 13.0. The Morgan fingerprint density at radius 2 is 1.79 bits per heavy atom. The summed E-state index contributed by atoms with van der Waals surface area (Å²) in [6.45, 7) is 2.77. The van der Waals surface area contributed by atoms with E-state index >= 15 is 0 Å². The lowest BCUT2D eigenvalue weighted by Gasteiger charge is -2.21. The second-order valence-electron chi connectivity index (χ2n) is 8.26. The van der Waals surface area contributed by atoms with Crippen LogP contribution in [0, 0.1) is 0 Å². The first-order valence-corrected chi connectivity index (χ1v) is 11.4. The molecule has 1 aliphatic rings. The van der Waals surface area contributed by atoms with Crippen molar-refractivity contribution in [1.29, 1.82) is 0 Å². The molecule has 6 heteroatoms. The molecule has 1 aromatic heterocycles. The summed E-state index contributed by atoms with van der Waals surface area (Å²) in [5.41, 5.74) is 4.04. The van der Waals surface area contributed by atoms with Crippen molar-refractivity contribution in [3.8, 4) is 11.5 Å². The number of carbonyl (C=O) groups is 1. The molecule has 1 atom stereocenters. The molecule has 1 aliphatic heterocycles. The predicted octanol–water partition coefficient (Wildman–Crippen LogP) is 5.01. The van der Waals surface area contributed by atoms with E-state index in [1.165, 1.54) is 5.56 Å². The highest BCUT2D eigenvalue weighted by atomic mass is 16.7. The normalized spacial score (nSPS) is 13.2. The highest BCUT2D eigenvalue weighted by molar-refractivity contribution is 5.84. The van der Waals surface area contributed by atoms with Crippen LogP contribution in [0.1, 0.15) is 42.8 Å². The van der Waals surface area contributed by atoms with Crippen molar-refractivity contribution >= 4 is 16.9 Å². The number of carbonyl (C=O) groups excluding carboxylic acids is 1. The van der Waals surface area contributed by atoms with Crippen LogP contribution in [-0.4, -0.2) is 22.3 Å². The van der Waals surface area contributed by atoms with Gasteiger partial charge in [0.25, 0.3) is 0 Å². The molecule has 1 N–H and O–H groups in total. The van der Waals surface area contributed by atoms with Gasteiger partial charge >= 0.3 is 0 Å². The number of benzene rings is 3. The molecule has 33 heavy (non-hydrogen) atoms. The first-order valence-electron chi connectivity index (χ1n) is 11.4. The summed E-state index contributed by atoms with van der Waals surface area (Å²) in [7, 11) is 0. The van der Waals surface area contributed by atoms with Gasteiger partial charge in [0, 0.05) is 13.0 Å². The first kappa shape index (κ1) is 21.1. The Hall–Kier alpha value is -3.80. The maximum Gasteiger partial charge on any atom is 0.243 e. The van der Waals surface area contributed by atoms with Gasteiger partial charge in [-0.1, -0.05) is 61.9 Å². The molecule has 0 spiro atoms. The molecule has 4 aromatic rings. The molecule has 0 radical (unpaired) electrons. The molecular formula is C27H27N3O3. The number of nitrogens with one attached hydrogen (secondary N) is 1. The van der Waals surface area contributed by atoms with Crippen molar-refractivity contribution in [2.24, 2.45) is 0 Å². The molecule has 0 unspecified atom stereocenters. The summed E-state index contributed by atoms with van der Waals surface area (Å²) in [5.74, 6) is 2.35. The molecule has 0 saturated heterocycles. The minimum atomic E-state index is -0.338. The lowest BCUT2D eigenvalue weighted by molar-refractivity contribution is -0.124. The number of imidazole rings is 1. The van der Waals surface area contributed by atoms with Crippen LogP contribution < -0.4 is 14.8 Å². The van der Waals surface area contributed by atoms with E-state index in [-0.39, 0.29) is 18.7 Å². The zero-order valence-electron chi connectivity index (χ0n) is 18.7. The minimum absolute atomic E-state index is 0.00742. The molecule has 6 nitrogen and oxygen atoms in total. The standard InChI is InChI=1S/C27H27N3O3/c1-2-8-23(27(31)28-17-20-13-14-24-25(15-20)33-18-32-24)30-22-12-7-6-11-21(22)29-26(30)16-19-9-4-3-5-10-19/h3-7,9-15,23H,2,8,16-18H2,1H3,(H,28,31)/t23-/m1/s1. The summed E-state index contributed by atoms with van der Waals surface area (Å²) in [6, 6.07) is 23.7. The van der Waals surface area contributed by atoms with Gasteiger partial charge in [-0.25, -0.2) is 4.98 Å². The van der Waals surface area contributed by atoms with Gasteiger partial charge in [-0.05, 0) is 41.8 Å². The molecule has 0 fully saturated rings. The van der Waals surface area contributed by atoms with E-state index < -0.39 is 0 Å². The molecule has 0 bridgehead atoms. The second kappa shape index (κ2) is 9.36. The molecule has 5 rings (SSSR count). The SMILES string of the molecule is CCC[C@H](C(=O)NCc1ccc2c(c1)OCO2)n1c(Cc2ccccc2)nc2ccccc21. The number of hydrogen-bond donors (Lipinski definition) is 1. The number of amides is 1. The van der Waals surface area contributed by atoms with Crippen LogP contribution in [0.15, 0.2) is 72.8 Å². The fourth-order valence-electron chi connectivity index (χ4n) is 4.35. The third kappa shape index (κ3) is 4.42. The molecule has 1 amide bonds. The van der Waals surface area contributed by atoms with Gasteiger partial charge < -0.3 is 19.4 Å². The Morgan fingerprint density at radius 1 is 1.00 bits per heavy atom. The van der Waals surface area contributed by atoms with Crippen molar-refractivity contribution in [3.05, 3.63) is 89.7 Å². The van der Waals surface area contributed by atoms with Crippen LogP contribution in [-0.2, 0) is 17.8 Å². The fraction of sp³-hybridized carbons (Fsp3) is 0.259. The van der Waals surface area contributed by atoms with E-state index in [9.17, 15) is 4.79 Å². The van der Waals surface area contributed by atoms with Crippen LogP contribution in [0.2, 0.25) is 0 Å². The number of nitrogens with zero attached hydrogens (tertiary/aromatic N) is 2. The summed E-state index contributed by atoms with van der Waals surface area (Å²) >= 11 is 0. The van der Waals surface area contributed by atoms with Gasteiger partial charge in [-0.3, -0.25) is 4.79 Å². The van der Waals surface area contributed by atoms with Crippen LogP contribution in [0.5, 0.6) is 11.5 Å². The largest absolute Gasteiger partial charge is 0.454 e. The molecule has 0 aliphatic carbocycles. The average molecular weight is 442 g/mol. The van der Waals surface area contributed by atoms with E-state index in [1.54, 1.807) is 0 Å².